The number of amides is 1. The van der Waals surface area contributed by atoms with Gasteiger partial charge < -0.3 is 10.1 Å². The lowest BCUT2D eigenvalue weighted by Crippen LogP contribution is -2.31. The van der Waals surface area contributed by atoms with Crippen molar-refractivity contribution in [1.82, 2.24) is 25.1 Å². The van der Waals surface area contributed by atoms with Gasteiger partial charge in [-0.2, -0.15) is 5.10 Å². The van der Waals surface area contributed by atoms with Gasteiger partial charge in [-0.05, 0) is 57.5 Å². The molecule has 11 heteroatoms. The minimum Gasteiger partial charge on any atom is -0.487 e. The molecular formula is C26H25ClF3N5O2. The van der Waals surface area contributed by atoms with Gasteiger partial charge in [0.1, 0.15) is 35.8 Å². The molecule has 0 unspecified atom stereocenters. The van der Waals surface area contributed by atoms with E-state index in [1.807, 2.05) is 32.0 Å². The number of nitrogens with zero attached hydrogens (tertiary/aromatic N) is 4. The molecule has 2 heterocycles. The zero-order valence-electron chi connectivity index (χ0n) is 20.7. The lowest BCUT2D eigenvalue weighted by Gasteiger charge is -2.21. The van der Waals surface area contributed by atoms with Crippen molar-refractivity contribution >= 4 is 28.4 Å². The predicted octanol–water partition coefficient (Wildman–Crippen LogP) is 6.03. The summed E-state index contributed by atoms with van der Waals surface area (Å²) in [5, 5.41) is 7.65. The van der Waals surface area contributed by atoms with Gasteiger partial charge in [0, 0.05) is 16.6 Å². The molecule has 1 N–H and O–H groups in total. The van der Waals surface area contributed by atoms with Crippen LogP contribution in [0.1, 0.15) is 49.0 Å². The van der Waals surface area contributed by atoms with Crippen molar-refractivity contribution in [2.45, 2.75) is 52.7 Å². The molecular weight excluding hydrogens is 507 g/mol. The van der Waals surface area contributed by atoms with Crippen LogP contribution in [0.15, 0.2) is 42.7 Å². The Morgan fingerprint density at radius 3 is 2.68 bits per heavy atom. The van der Waals surface area contributed by atoms with Crippen LogP contribution in [0.5, 0.6) is 5.75 Å². The fourth-order valence-corrected chi connectivity index (χ4v) is 4.39. The number of rotatable bonds is 8. The van der Waals surface area contributed by atoms with Crippen molar-refractivity contribution in [3.05, 3.63) is 76.2 Å². The molecule has 0 bridgehead atoms. The average molecular weight is 532 g/mol. The van der Waals surface area contributed by atoms with Crippen molar-refractivity contribution in [3.63, 3.8) is 0 Å². The molecule has 0 spiro atoms. The Labute approximate surface area is 216 Å². The second-order valence-electron chi connectivity index (χ2n) is 8.93. The summed E-state index contributed by atoms with van der Waals surface area (Å²) < 4.78 is 48.6. The normalized spacial score (nSPS) is 12.5. The fraction of sp³-hybridized carbons (Fsp3) is 0.308. The highest BCUT2D eigenvalue weighted by Gasteiger charge is 2.27. The summed E-state index contributed by atoms with van der Waals surface area (Å²) in [4.78, 5) is 20.9. The van der Waals surface area contributed by atoms with E-state index in [-0.39, 0.29) is 11.6 Å². The number of para-hydroxylation sites is 1. The first-order valence-electron chi connectivity index (χ1n) is 11.5. The number of aryl methyl sites for hydroxylation is 2. The van der Waals surface area contributed by atoms with E-state index in [1.54, 1.807) is 17.7 Å². The number of carbonyl (C=O) groups is 1. The Morgan fingerprint density at radius 2 is 2.00 bits per heavy atom. The highest BCUT2D eigenvalue weighted by Crippen LogP contribution is 2.32. The van der Waals surface area contributed by atoms with Gasteiger partial charge in [-0.25, -0.2) is 27.8 Å². The van der Waals surface area contributed by atoms with Crippen LogP contribution in [-0.4, -0.2) is 31.6 Å². The van der Waals surface area contributed by atoms with Crippen LogP contribution < -0.4 is 10.1 Å². The first kappa shape index (κ1) is 26.4. The number of hydrogen-bond donors (Lipinski definition) is 1. The van der Waals surface area contributed by atoms with Crippen LogP contribution in [0.2, 0.25) is 5.02 Å². The second-order valence-corrected chi connectivity index (χ2v) is 9.34. The van der Waals surface area contributed by atoms with E-state index >= 15 is 0 Å². The molecule has 194 valence electrons. The molecule has 0 radical (unpaired) electrons. The maximum atomic E-state index is 14.2. The van der Waals surface area contributed by atoms with Crippen molar-refractivity contribution in [1.29, 1.82) is 0 Å². The number of fused-ring (bicyclic) bond motifs is 1. The predicted molar refractivity (Wildman–Crippen MR) is 134 cm³/mol. The van der Waals surface area contributed by atoms with E-state index in [0.29, 0.717) is 35.1 Å². The van der Waals surface area contributed by atoms with E-state index in [4.69, 9.17) is 16.3 Å². The number of benzene rings is 2. The van der Waals surface area contributed by atoms with Gasteiger partial charge in [0.2, 0.25) is 5.91 Å². The fourth-order valence-electron chi connectivity index (χ4n) is 4.12. The summed E-state index contributed by atoms with van der Waals surface area (Å²) in [5.41, 5.74) is 2.83. The van der Waals surface area contributed by atoms with Crippen LogP contribution >= 0.6 is 11.6 Å². The van der Waals surface area contributed by atoms with Crippen LogP contribution in [0.25, 0.3) is 16.6 Å². The highest BCUT2D eigenvalue weighted by molar-refractivity contribution is 6.31. The SMILES string of the molecule is Cc1cc(-n2ncnc2C)c2cccc(OCc3c(Cl)cc(F)cc3[C@H](C)NC(=O)CC(C)(F)F)c2n1. The Morgan fingerprint density at radius 1 is 1.24 bits per heavy atom. The van der Waals surface area contributed by atoms with Gasteiger partial charge in [-0.1, -0.05) is 23.7 Å². The number of carbonyl (C=O) groups excluding carboxylic acids is 1. The van der Waals surface area contributed by atoms with Crippen molar-refractivity contribution < 1.29 is 22.7 Å². The van der Waals surface area contributed by atoms with Crippen LogP contribution in [0.4, 0.5) is 13.2 Å². The summed E-state index contributed by atoms with van der Waals surface area (Å²) in [6.45, 7) is 5.84. The smallest absolute Gasteiger partial charge is 0.254 e. The zero-order valence-corrected chi connectivity index (χ0v) is 21.4. The summed E-state index contributed by atoms with van der Waals surface area (Å²) in [6, 6.07) is 8.89. The minimum atomic E-state index is -3.17. The number of alkyl halides is 2. The number of halogens is 4. The van der Waals surface area contributed by atoms with Crippen molar-refractivity contribution in [2.24, 2.45) is 0 Å². The maximum absolute atomic E-state index is 14.2. The maximum Gasteiger partial charge on any atom is 0.254 e. The number of aromatic nitrogens is 4. The van der Waals surface area contributed by atoms with Crippen LogP contribution in [0, 0.1) is 19.7 Å². The third kappa shape index (κ3) is 6.02. The molecule has 0 aliphatic rings. The van der Waals surface area contributed by atoms with Gasteiger partial charge in [-0.3, -0.25) is 4.79 Å². The lowest BCUT2D eigenvalue weighted by atomic mass is 10.0. The minimum absolute atomic E-state index is 0.0784. The van der Waals surface area contributed by atoms with E-state index in [2.05, 4.69) is 20.4 Å². The Kier molecular flexibility index (Phi) is 7.40. The Hall–Kier alpha value is -3.66. The number of nitrogens with one attached hydrogen (secondary N) is 1. The molecule has 1 amide bonds. The number of pyridine rings is 1. The van der Waals surface area contributed by atoms with Gasteiger partial charge in [0.05, 0.1) is 23.2 Å². The third-order valence-electron chi connectivity index (χ3n) is 5.74. The van der Waals surface area contributed by atoms with E-state index in [1.165, 1.54) is 12.4 Å². The van der Waals surface area contributed by atoms with Gasteiger partial charge >= 0.3 is 0 Å². The topological polar surface area (TPSA) is 81.9 Å². The molecule has 4 aromatic rings. The number of hydrogen-bond acceptors (Lipinski definition) is 5. The molecule has 2 aromatic heterocycles. The van der Waals surface area contributed by atoms with Crippen molar-refractivity contribution in [3.8, 4) is 11.4 Å². The van der Waals surface area contributed by atoms with E-state index in [0.717, 1.165) is 22.8 Å². The lowest BCUT2D eigenvalue weighted by molar-refractivity contribution is -0.127. The number of ether oxygens (including phenoxy) is 1. The summed E-state index contributed by atoms with van der Waals surface area (Å²) >= 11 is 6.35. The molecule has 0 aliphatic carbocycles. The van der Waals surface area contributed by atoms with Gasteiger partial charge in [0.25, 0.3) is 5.92 Å². The van der Waals surface area contributed by atoms with E-state index < -0.39 is 30.1 Å². The molecule has 0 aliphatic heterocycles. The van der Waals surface area contributed by atoms with Crippen LogP contribution in [0.3, 0.4) is 0 Å². The third-order valence-corrected chi connectivity index (χ3v) is 6.07. The molecule has 0 saturated carbocycles. The molecule has 37 heavy (non-hydrogen) atoms. The second kappa shape index (κ2) is 10.4. The van der Waals surface area contributed by atoms with Crippen molar-refractivity contribution in [2.75, 3.05) is 0 Å². The Bertz CT molecular complexity index is 1470. The van der Waals surface area contributed by atoms with Gasteiger partial charge in [0.15, 0.2) is 0 Å². The molecule has 1 atom stereocenters. The average Bonchev–Trinajstić information content (AvgIpc) is 3.21. The first-order chi connectivity index (χ1) is 17.4. The summed E-state index contributed by atoms with van der Waals surface area (Å²) in [5.74, 6) is -3.50. The van der Waals surface area contributed by atoms with E-state index in [9.17, 15) is 18.0 Å². The van der Waals surface area contributed by atoms with Gasteiger partial charge in [-0.15, -0.1) is 0 Å². The molecule has 2 aromatic carbocycles. The molecule has 0 saturated heterocycles. The molecule has 7 nitrogen and oxygen atoms in total. The zero-order chi connectivity index (χ0) is 26.9. The quantitative estimate of drug-likeness (QED) is 0.300. The molecule has 4 rings (SSSR count). The monoisotopic (exact) mass is 531 g/mol. The largest absolute Gasteiger partial charge is 0.487 e. The molecule has 0 fully saturated rings. The van der Waals surface area contributed by atoms with Crippen LogP contribution in [-0.2, 0) is 11.4 Å². The Balaban J connectivity index is 1.67. The highest BCUT2D eigenvalue weighted by atomic mass is 35.5. The summed E-state index contributed by atoms with van der Waals surface area (Å²) in [6.07, 6.45) is 0.484. The standard InChI is InChI=1S/C26H25ClF3N5O2/c1-14-8-22(35-16(3)31-13-32-35)18-6-5-7-23(25(18)33-14)37-12-20-19(9-17(28)10-21(20)27)15(2)34-24(36)11-26(4,29)30/h5-10,13,15H,11-12H2,1-4H3,(H,34,36)/t15-/m0/s1. The first-order valence-corrected chi connectivity index (χ1v) is 11.9. The summed E-state index contributed by atoms with van der Waals surface area (Å²) in [7, 11) is 0.